The van der Waals surface area contributed by atoms with Crippen molar-refractivity contribution in [3.63, 3.8) is 0 Å². The molecular weight excluding hydrogens is 471 g/mol. The quantitative estimate of drug-likeness (QED) is 0.179. The van der Waals surface area contributed by atoms with Gasteiger partial charge >= 0.3 is 0 Å². The van der Waals surface area contributed by atoms with Gasteiger partial charge in [-0.2, -0.15) is 20.2 Å². The van der Waals surface area contributed by atoms with E-state index >= 15 is 0 Å². The van der Waals surface area contributed by atoms with Crippen molar-refractivity contribution in [1.82, 2.24) is 19.9 Å². The number of aromatic nitrogens is 4. The predicted molar refractivity (Wildman–Crippen MR) is 132 cm³/mol. The van der Waals surface area contributed by atoms with Gasteiger partial charge in [0.2, 0.25) is 5.95 Å². The zero-order valence-corrected chi connectivity index (χ0v) is 19.2. The fraction of sp³-hybridized carbons (Fsp3) is 0.0833. The van der Waals surface area contributed by atoms with Crippen molar-refractivity contribution >= 4 is 34.7 Å². The molecule has 0 unspecified atom stereocenters. The summed E-state index contributed by atoms with van der Waals surface area (Å²) < 4.78 is 40.7. The second-order valence-electron chi connectivity index (χ2n) is 7.43. The summed E-state index contributed by atoms with van der Waals surface area (Å²) >= 11 is 0. The summed E-state index contributed by atoms with van der Waals surface area (Å²) in [7, 11) is 0. The van der Waals surface area contributed by atoms with Gasteiger partial charge in [-0.05, 0) is 38.1 Å². The van der Waals surface area contributed by atoms with E-state index in [1.165, 1.54) is 0 Å². The van der Waals surface area contributed by atoms with Crippen LogP contribution in [0.4, 0.5) is 36.4 Å². The molecule has 4 rings (SSSR count). The number of hydrogen-bond acceptors (Lipinski definition) is 9. The average Bonchev–Trinajstić information content (AvgIpc) is 2.90. The monoisotopic (exact) mass is 491 g/mol. The minimum atomic E-state index is -1.57. The van der Waals surface area contributed by atoms with Crippen molar-refractivity contribution in [2.75, 3.05) is 16.2 Å². The lowest BCUT2D eigenvalue weighted by atomic mass is 10.2. The molecule has 9 nitrogen and oxygen atoms in total. The van der Waals surface area contributed by atoms with E-state index in [1.54, 1.807) is 69.0 Å². The molecule has 182 valence electrons. The molecule has 4 aromatic rings. The van der Waals surface area contributed by atoms with Crippen LogP contribution in [-0.2, 0) is 0 Å². The van der Waals surface area contributed by atoms with E-state index < -0.39 is 17.5 Å². The van der Waals surface area contributed by atoms with Crippen molar-refractivity contribution in [2.45, 2.75) is 13.8 Å². The normalized spacial score (nSPS) is 11.8. The van der Waals surface area contributed by atoms with Gasteiger partial charge in [0, 0.05) is 59.8 Å². The van der Waals surface area contributed by atoms with E-state index in [-0.39, 0.29) is 23.3 Å². The van der Waals surface area contributed by atoms with E-state index in [2.05, 4.69) is 46.3 Å². The molecule has 36 heavy (non-hydrogen) atoms. The summed E-state index contributed by atoms with van der Waals surface area (Å²) in [5.74, 6) is -3.80. The van der Waals surface area contributed by atoms with Crippen LogP contribution in [0.25, 0.3) is 0 Å². The van der Waals surface area contributed by atoms with Crippen LogP contribution in [0.15, 0.2) is 77.5 Å². The molecule has 0 amide bonds. The molecular formula is C24H20F3N9. The number of nitrogens with zero attached hydrogens (tertiary/aromatic N) is 6. The van der Waals surface area contributed by atoms with Crippen LogP contribution in [0.5, 0.6) is 0 Å². The Labute approximate surface area is 204 Å². The van der Waals surface area contributed by atoms with Crippen LogP contribution in [0.2, 0.25) is 0 Å². The summed E-state index contributed by atoms with van der Waals surface area (Å²) in [5.41, 5.74) is 8.60. The lowest BCUT2D eigenvalue weighted by Crippen LogP contribution is -2.07. The molecule has 3 heterocycles. The second-order valence-corrected chi connectivity index (χ2v) is 7.43. The highest BCUT2D eigenvalue weighted by Crippen LogP contribution is 2.22. The third-order valence-electron chi connectivity index (χ3n) is 4.84. The number of halogens is 3. The Balaban J connectivity index is 1.63. The molecule has 0 aliphatic carbocycles. The number of pyridine rings is 2. The van der Waals surface area contributed by atoms with Gasteiger partial charge in [-0.25, -0.2) is 13.2 Å². The fourth-order valence-electron chi connectivity index (χ4n) is 2.97. The Kier molecular flexibility index (Phi) is 7.44. The van der Waals surface area contributed by atoms with E-state index in [4.69, 9.17) is 0 Å². The average molecular weight is 491 g/mol. The lowest BCUT2D eigenvalue weighted by molar-refractivity contribution is 0.448. The molecule has 0 aliphatic heterocycles. The summed E-state index contributed by atoms with van der Waals surface area (Å²) in [4.78, 5) is 16.5. The maximum Gasteiger partial charge on any atom is 0.231 e. The van der Waals surface area contributed by atoms with Gasteiger partial charge in [-0.15, -0.1) is 0 Å². The standard InChI is InChI=1S/C24H20F3N9/c1-14(16-3-7-28-8-4-16)33-35-21-13-22(36-34-15(2)17-5-9-29-10-6-17)32-24(31-21)30-18-11-19(25)23(27)20(26)12-18/h3-13H,1-2H3,(H3,30,31,32,35,36). The maximum atomic E-state index is 13.7. The first-order valence-electron chi connectivity index (χ1n) is 10.6. The fourth-order valence-corrected chi connectivity index (χ4v) is 2.97. The predicted octanol–water partition coefficient (Wildman–Crippen LogP) is 5.10. The van der Waals surface area contributed by atoms with Crippen molar-refractivity contribution in [3.8, 4) is 0 Å². The van der Waals surface area contributed by atoms with Gasteiger partial charge in [-0.1, -0.05) is 0 Å². The number of anilines is 4. The van der Waals surface area contributed by atoms with Gasteiger partial charge < -0.3 is 5.32 Å². The van der Waals surface area contributed by atoms with Gasteiger partial charge in [0.25, 0.3) is 0 Å². The SMILES string of the molecule is CC(=NNc1cc(NN=C(C)c2ccncc2)nc(Nc2cc(F)c(F)c(F)c2)n1)c1ccncc1. The van der Waals surface area contributed by atoms with E-state index in [9.17, 15) is 13.2 Å². The van der Waals surface area contributed by atoms with Crippen molar-refractivity contribution < 1.29 is 13.2 Å². The third kappa shape index (κ3) is 6.17. The van der Waals surface area contributed by atoms with Crippen LogP contribution in [0.3, 0.4) is 0 Å². The van der Waals surface area contributed by atoms with E-state index in [1.807, 2.05) is 0 Å². The van der Waals surface area contributed by atoms with Crippen molar-refractivity contribution in [2.24, 2.45) is 10.2 Å². The zero-order valence-electron chi connectivity index (χ0n) is 19.2. The number of rotatable bonds is 8. The first-order chi connectivity index (χ1) is 17.4. The Morgan fingerprint density at radius 2 is 1.14 bits per heavy atom. The van der Waals surface area contributed by atoms with Gasteiger partial charge in [0.05, 0.1) is 11.4 Å². The topological polar surface area (TPSA) is 112 Å². The van der Waals surface area contributed by atoms with E-state index in [0.717, 1.165) is 23.3 Å². The second kappa shape index (κ2) is 11.0. The highest BCUT2D eigenvalue weighted by atomic mass is 19.2. The number of nitrogens with one attached hydrogen (secondary N) is 3. The van der Waals surface area contributed by atoms with Crippen LogP contribution in [-0.4, -0.2) is 31.4 Å². The van der Waals surface area contributed by atoms with Crippen molar-refractivity contribution in [1.29, 1.82) is 0 Å². The minimum absolute atomic E-state index is 0.0403. The molecule has 3 N–H and O–H groups in total. The highest BCUT2D eigenvalue weighted by molar-refractivity contribution is 5.99. The maximum absolute atomic E-state index is 13.7. The minimum Gasteiger partial charge on any atom is -0.324 e. The molecule has 0 radical (unpaired) electrons. The van der Waals surface area contributed by atoms with Gasteiger partial charge in [-0.3, -0.25) is 20.8 Å². The zero-order chi connectivity index (χ0) is 25.5. The summed E-state index contributed by atoms with van der Waals surface area (Å²) in [6, 6.07) is 10.3. The van der Waals surface area contributed by atoms with Gasteiger partial charge in [0.15, 0.2) is 29.1 Å². The highest BCUT2D eigenvalue weighted by Gasteiger charge is 2.12. The molecule has 12 heteroatoms. The molecule has 3 aromatic heterocycles. The molecule has 0 atom stereocenters. The molecule has 1 aromatic carbocycles. The lowest BCUT2D eigenvalue weighted by Gasteiger charge is -2.11. The molecule has 0 saturated heterocycles. The Morgan fingerprint density at radius 1 is 0.694 bits per heavy atom. The van der Waals surface area contributed by atoms with Crippen LogP contribution < -0.4 is 16.2 Å². The smallest absolute Gasteiger partial charge is 0.231 e. The van der Waals surface area contributed by atoms with Crippen LogP contribution in [0, 0.1) is 17.5 Å². The molecule has 0 fully saturated rings. The van der Waals surface area contributed by atoms with Crippen LogP contribution >= 0.6 is 0 Å². The van der Waals surface area contributed by atoms with Crippen molar-refractivity contribution in [3.05, 3.63) is 95.8 Å². The van der Waals surface area contributed by atoms with E-state index in [0.29, 0.717) is 11.4 Å². The molecule has 0 aliphatic rings. The Bertz CT molecular complexity index is 1310. The number of benzene rings is 1. The molecule has 0 saturated carbocycles. The first kappa shape index (κ1) is 24.3. The van der Waals surface area contributed by atoms with Crippen LogP contribution in [0.1, 0.15) is 25.0 Å². The Hall–Kier alpha value is -4.87. The number of hydrazone groups is 2. The molecule has 0 bridgehead atoms. The molecule has 0 spiro atoms. The Morgan fingerprint density at radius 3 is 1.58 bits per heavy atom. The largest absolute Gasteiger partial charge is 0.324 e. The number of hydrogen-bond donors (Lipinski definition) is 3. The third-order valence-corrected chi connectivity index (χ3v) is 4.84. The summed E-state index contributed by atoms with van der Waals surface area (Å²) in [6.07, 6.45) is 6.58. The summed E-state index contributed by atoms with van der Waals surface area (Å²) in [6.45, 7) is 3.60. The van der Waals surface area contributed by atoms with Gasteiger partial charge in [0.1, 0.15) is 0 Å². The first-order valence-corrected chi connectivity index (χ1v) is 10.6. The summed E-state index contributed by atoms with van der Waals surface area (Å²) in [5, 5.41) is 11.3.